The van der Waals surface area contributed by atoms with Crippen LogP contribution in [0.1, 0.15) is 49.9 Å². The van der Waals surface area contributed by atoms with E-state index in [9.17, 15) is 4.79 Å². The maximum absolute atomic E-state index is 12.2. The van der Waals surface area contributed by atoms with Gasteiger partial charge in [0.25, 0.3) is 0 Å². The van der Waals surface area contributed by atoms with Crippen LogP contribution in [0.5, 0.6) is 5.75 Å². The fourth-order valence-corrected chi connectivity index (χ4v) is 2.40. The standard InChI is InChI=1S/C16H22O2/c1-12(2)11-18-15-9-7-14(8-10-15)16(17)13-5-3-4-6-13/h7-10,12-13H,3-6,11H2,1-2H3. The van der Waals surface area contributed by atoms with Crippen molar-refractivity contribution >= 4 is 5.78 Å². The van der Waals surface area contributed by atoms with E-state index in [0.29, 0.717) is 11.7 Å². The quantitative estimate of drug-likeness (QED) is 0.731. The summed E-state index contributed by atoms with van der Waals surface area (Å²) in [6.07, 6.45) is 4.52. The second-order valence-corrected chi connectivity index (χ2v) is 5.57. The molecule has 2 rings (SSSR count). The molecule has 1 aromatic carbocycles. The maximum Gasteiger partial charge on any atom is 0.165 e. The molecule has 1 fully saturated rings. The highest BCUT2D eigenvalue weighted by Gasteiger charge is 2.23. The molecule has 0 N–H and O–H groups in total. The topological polar surface area (TPSA) is 26.3 Å². The van der Waals surface area contributed by atoms with E-state index in [1.54, 1.807) is 0 Å². The molecule has 0 amide bonds. The molecule has 1 aromatic rings. The minimum absolute atomic E-state index is 0.257. The average molecular weight is 246 g/mol. The van der Waals surface area contributed by atoms with Crippen molar-refractivity contribution < 1.29 is 9.53 Å². The monoisotopic (exact) mass is 246 g/mol. The Morgan fingerprint density at radius 2 is 1.83 bits per heavy atom. The third-order valence-electron chi connectivity index (χ3n) is 3.45. The van der Waals surface area contributed by atoms with Crippen LogP contribution in [0.25, 0.3) is 0 Å². The third kappa shape index (κ3) is 3.34. The minimum atomic E-state index is 0.257. The van der Waals surface area contributed by atoms with Crippen molar-refractivity contribution in [3.05, 3.63) is 29.8 Å². The van der Waals surface area contributed by atoms with Crippen molar-refractivity contribution in [3.63, 3.8) is 0 Å². The summed E-state index contributed by atoms with van der Waals surface area (Å²) in [5, 5.41) is 0. The van der Waals surface area contributed by atoms with Crippen LogP contribution in [-0.4, -0.2) is 12.4 Å². The number of ether oxygens (including phenoxy) is 1. The lowest BCUT2D eigenvalue weighted by Gasteiger charge is -2.10. The van der Waals surface area contributed by atoms with Crippen LogP contribution in [0.15, 0.2) is 24.3 Å². The van der Waals surface area contributed by atoms with Crippen LogP contribution in [-0.2, 0) is 0 Å². The van der Waals surface area contributed by atoms with Crippen molar-refractivity contribution in [2.24, 2.45) is 11.8 Å². The Morgan fingerprint density at radius 1 is 1.22 bits per heavy atom. The summed E-state index contributed by atoms with van der Waals surface area (Å²) in [4.78, 5) is 12.2. The Morgan fingerprint density at radius 3 is 2.39 bits per heavy atom. The minimum Gasteiger partial charge on any atom is -0.493 e. The second kappa shape index (κ2) is 6.03. The number of carbonyl (C=O) groups is 1. The van der Waals surface area contributed by atoms with Gasteiger partial charge in [0.15, 0.2) is 5.78 Å². The van der Waals surface area contributed by atoms with Crippen LogP contribution >= 0.6 is 0 Å². The number of benzene rings is 1. The van der Waals surface area contributed by atoms with Crippen molar-refractivity contribution in [1.29, 1.82) is 0 Å². The number of carbonyl (C=O) groups excluding carboxylic acids is 1. The smallest absolute Gasteiger partial charge is 0.165 e. The SMILES string of the molecule is CC(C)COc1ccc(C(=O)C2CCCC2)cc1. The van der Waals surface area contributed by atoms with Gasteiger partial charge in [-0.25, -0.2) is 0 Å². The van der Waals surface area contributed by atoms with Gasteiger partial charge in [-0.15, -0.1) is 0 Å². The second-order valence-electron chi connectivity index (χ2n) is 5.57. The lowest BCUT2D eigenvalue weighted by Crippen LogP contribution is -2.11. The molecule has 0 aromatic heterocycles. The van der Waals surface area contributed by atoms with Gasteiger partial charge in [0.2, 0.25) is 0 Å². The summed E-state index contributed by atoms with van der Waals surface area (Å²) in [6, 6.07) is 7.61. The molecule has 0 saturated heterocycles. The Hall–Kier alpha value is -1.31. The van der Waals surface area contributed by atoms with Gasteiger partial charge in [0.1, 0.15) is 5.75 Å². The number of Topliss-reactive ketones (excluding diaryl/α,β-unsaturated/α-hetero) is 1. The van der Waals surface area contributed by atoms with E-state index >= 15 is 0 Å². The average Bonchev–Trinajstić information content (AvgIpc) is 2.90. The van der Waals surface area contributed by atoms with E-state index < -0.39 is 0 Å². The largest absolute Gasteiger partial charge is 0.493 e. The van der Waals surface area contributed by atoms with Gasteiger partial charge < -0.3 is 4.74 Å². The molecule has 0 atom stereocenters. The highest BCUT2D eigenvalue weighted by atomic mass is 16.5. The maximum atomic E-state index is 12.2. The van der Waals surface area contributed by atoms with E-state index in [1.165, 1.54) is 12.8 Å². The van der Waals surface area contributed by atoms with Gasteiger partial charge in [-0.05, 0) is 43.0 Å². The summed E-state index contributed by atoms with van der Waals surface area (Å²) in [5.74, 6) is 1.94. The van der Waals surface area contributed by atoms with Crippen LogP contribution in [0.3, 0.4) is 0 Å². The van der Waals surface area contributed by atoms with Gasteiger partial charge in [0, 0.05) is 11.5 Å². The van der Waals surface area contributed by atoms with Crippen molar-refractivity contribution in [1.82, 2.24) is 0 Å². The molecular formula is C16H22O2. The number of hydrogen-bond acceptors (Lipinski definition) is 2. The Kier molecular flexibility index (Phi) is 4.40. The lowest BCUT2D eigenvalue weighted by molar-refractivity contribution is 0.0923. The zero-order valence-corrected chi connectivity index (χ0v) is 11.3. The van der Waals surface area contributed by atoms with Crippen molar-refractivity contribution in [2.45, 2.75) is 39.5 Å². The molecule has 0 spiro atoms. The Labute approximate surface area is 109 Å². The molecule has 0 bridgehead atoms. The van der Waals surface area contributed by atoms with E-state index in [4.69, 9.17) is 4.74 Å². The van der Waals surface area contributed by atoms with E-state index in [-0.39, 0.29) is 5.92 Å². The number of hydrogen-bond donors (Lipinski definition) is 0. The third-order valence-corrected chi connectivity index (χ3v) is 3.45. The first-order valence-electron chi connectivity index (χ1n) is 6.94. The lowest BCUT2D eigenvalue weighted by atomic mass is 9.96. The predicted octanol–water partition coefficient (Wildman–Crippen LogP) is 4.09. The summed E-state index contributed by atoms with van der Waals surface area (Å²) in [7, 11) is 0. The molecule has 2 heteroatoms. The van der Waals surface area contributed by atoms with Gasteiger partial charge in [-0.2, -0.15) is 0 Å². The van der Waals surface area contributed by atoms with Crippen LogP contribution < -0.4 is 4.74 Å². The molecule has 18 heavy (non-hydrogen) atoms. The molecule has 1 aliphatic rings. The fraction of sp³-hybridized carbons (Fsp3) is 0.562. The molecule has 0 heterocycles. The summed E-state index contributed by atoms with van der Waals surface area (Å²) in [6.45, 7) is 4.96. The Balaban J connectivity index is 1.96. The van der Waals surface area contributed by atoms with Crippen LogP contribution in [0.2, 0.25) is 0 Å². The van der Waals surface area contributed by atoms with Gasteiger partial charge >= 0.3 is 0 Å². The highest BCUT2D eigenvalue weighted by Crippen LogP contribution is 2.28. The number of ketones is 1. The molecule has 0 unspecified atom stereocenters. The van der Waals surface area contributed by atoms with E-state index in [2.05, 4.69) is 13.8 Å². The van der Waals surface area contributed by atoms with Crippen LogP contribution in [0.4, 0.5) is 0 Å². The first kappa shape index (κ1) is 13.1. The van der Waals surface area contributed by atoms with Gasteiger partial charge in [0.05, 0.1) is 6.61 Å². The molecule has 98 valence electrons. The normalized spacial score (nSPS) is 16.2. The molecule has 0 aliphatic heterocycles. The highest BCUT2D eigenvalue weighted by molar-refractivity contribution is 5.98. The fourth-order valence-electron chi connectivity index (χ4n) is 2.40. The summed E-state index contributed by atoms with van der Waals surface area (Å²) < 4.78 is 5.62. The molecular weight excluding hydrogens is 224 g/mol. The van der Waals surface area contributed by atoms with Gasteiger partial charge in [-0.1, -0.05) is 26.7 Å². The summed E-state index contributed by atoms with van der Waals surface area (Å²) >= 11 is 0. The molecule has 1 aliphatic carbocycles. The first-order valence-corrected chi connectivity index (χ1v) is 6.94. The number of rotatable bonds is 5. The summed E-state index contributed by atoms with van der Waals surface area (Å²) in [5.41, 5.74) is 0.832. The zero-order valence-electron chi connectivity index (χ0n) is 11.3. The Bertz CT molecular complexity index is 386. The molecule has 1 saturated carbocycles. The molecule has 2 nitrogen and oxygen atoms in total. The zero-order chi connectivity index (χ0) is 13.0. The molecule has 0 radical (unpaired) electrons. The van der Waals surface area contributed by atoms with Crippen molar-refractivity contribution in [3.8, 4) is 5.75 Å². The van der Waals surface area contributed by atoms with E-state index in [0.717, 1.165) is 30.8 Å². The first-order chi connectivity index (χ1) is 8.66. The van der Waals surface area contributed by atoms with Gasteiger partial charge in [-0.3, -0.25) is 4.79 Å². The van der Waals surface area contributed by atoms with Crippen molar-refractivity contribution in [2.75, 3.05) is 6.61 Å². The predicted molar refractivity (Wildman–Crippen MR) is 73.1 cm³/mol. The van der Waals surface area contributed by atoms with Crippen LogP contribution in [0, 0.1) is 11.8 Å². The van der Waals surface area contributed by atoms with E-state index in [1.807, 2.05) is 24.3 Å².